The van der Waals surface area contributed by atoms with Crippen LogP contribution in [0.5, 0.6) is 5.75 Å². The van der Waals surface area contributed by atoms with Gasteiger partial charge in [-0.3, -0.25) is 0 Å². The van der Waals surface area contributed by atoms with Crippen LogP contribution in [0.25, 0.3) is 0 Å². The van der Waals surface area contributed by atoms with E-state index in [1.165, 1.54) is 11.1 Å². The molecule has 0 amide bonds. The lowest BCUT2D eigenvalue weighted by molar-refractivity contribution is -0.672. The lowest BCUT2D eigenvalue weighted by atomic mass is 9.67. The number of para-hydroxylation sites is 1. The fraction of sp³-hybridized carbons (Fsp3) is 0.478. The fourth-order valence-corrected chi connectivity index (χ4v) is 4.40. The summed E-state index contributed by atoms with van der Waals surface area (Å²) < 4.78 is 11.8. The van der Waals surface area contributed by atoms with Gasteiger partial charge >= 0.3 is 0 Å². The van der Waals surface area contributed by atoms with E-state index in [1.807, 2.05) is 0 Å². The van der Waals surface area contributed by atoms with Crippen molar-refractivity contribution in [2.24, 2.45) is 0 Å². The maximum Gasteiger partial charge on any atom is 0.122 e. The lowest BCUT2D eigenvalue weighted by Gasteiger charge is -2.45. The first kappa shape index (κ1) is 18.9. The van der Waals surface area contributed by atoms with Gasteiger partial charge in [-0.05, 0) is 32.8 Å². The number of ether oxygens (including phenoxy) is 2. The minimum atomic E-state index is -0.0987. The third kappa shape index (κ3) is 4.46. The lowest BCUT2D eigenvalue weighted by Crippen LogP contribution is -2.83. The molecule has 1 saturated heterocycles. The highest BCUT2D eigenvalue weighted by Gasteiger charge is 2.43. The Kier molecular flexibility index (Phi) is 6.00. The van der Waals surface area contributed by atoms with Crippen LogP contribution in [0.1, 0.15) is 44.2 Å². The van der Waals surface area contributed by atoms with Gasteiger partial charge in [0.2, 0.25) is 0 Å². The summed E-state index contributed by atoms with van der Waals surface area (Å²) in [6.45, 7) is 7.36. The van der Waals surface area contributed by atoms with Crippen LogP contribution in [-0.4, -0.2) is 25.9 Å². The van der Waals surface area contributed by atoms with Gasteiger partial charge in [-0.2, -0.15) is 0 Å². The number of hydrogen-bond acceptors (Lipinski definition) is 2. The maximum atomic E-state index is 6.04. The molecule has 26 heavy (non-hydrogen) atoms. The molecule has 1 aliphatic heterocycles. The van der Waals surface area contributed by atoms with E-state index >= 15 is 0 Å². The summed E-state index contributed by atoms with van der Waals surface area (Å²) in [6, 6.07) is 19.2. The van der Waals surface area contributed by atoms with Crippen LogP contribution in [0.15, 0.2) is 54.6 Å². The molecule has 2 aromatic rings. The third-order valence-electron chi connectivity index (χ3n) is 5.57. The van der Waals surface area contributed by atoms with E-state index in [0.29, 0.717) is 0 Å². The van der Waals surface area contributed by atoms with Gasteiger partial charge in [0.05, 0.1) is 19.3 Å². The van der Waals surface area contributed by atoms with Crippen LogP contribution >= 0.6 is 0 Å². The van der Waals surface area contributed by atoms with Gasteiger partial charge in [-0.1, -0.05) is 48.5 Å². The summed E-state index contributed by atoms with van der Waals surface area (Å²) in [5.74, 6) is 1.01. The first-order valence-corrected chi connectivity index (χ1v) is 9.68. The van der Waals surface area contributed by atoms with Crippen molar-refractivity contribution in [1.29, 1.82) is 0 Å². The molecule has 0 aliphatic carbocycles. The SMILES string of the molecule is COc1ccccc1[C@@]1(CC[NH2+]Cc2ccccc2)CCOC(C)(C)C1. The molecule has 1 fully saturated rings. The van der Waals surface area contributed by atoms with E-state index in [0.717, 1.165) is 44.7 Å². The second-order valence-corrected chi connectivity index (χ2v) is 8.03. The summed E-state index contributed by atoms with van der Waals surface area (Å²) >= 11 is 0. The van der Waals surface area contributed by atoms with Crippen LogP contribution in [0.3, 0.4) is 0 Å². The van der Waals surface area contributed by atoms with Gasteiger partial charge in [0.1, 0.15) is 12.3 Å². The molecule has 2 aromatic carbocycles. The van der Waals surface area contributed by atoms with Crippen LogP contribution in [0.4, 0.5) is 0 Å². The number of rotatable bonds is 7. The number of benzene rings is 2. The molecule has 3 nitrogen and oxygen atoms in total. The van der Waals surface area contributed by atoms with Crippen LogP contribution in [-0.2, 0) is 16.7 Å². The van der Waals surface area contributed by atoms with Crippen molar-refractivity contribution >= 4 is 0 Å². The van der Waals surface area contributed by atoms with E-state index in [1.54, 1.807) is 7.11 Å². The van der Waals surface area contributed by atoms with Gasteiger partial charge in [0, 0.05) is 29.6 Å². The summed E-state index contributed by atoms with van der Waals surface area (Å²) in [6.07, 6.45) is 3.21. The van der Waals surface area contributed by atoms with Gasteiger partial charge in [0.25, 0.3) is 0 Å². The molecule has 3 rings (SSSR count). The normalized spacial score (nSPS) is 22.1. The Labute approximate surface area is 157 Å². The molecule has 0 spiro atoms. The molecular weight excluding hydrogens is 322 g/mol. The molecule has 0 aromatic heterocycles. The zero-order valence-corrected chi connectivity index (χ0v) is 16.3. The summed E-state index contributed by atoms with van der Waals surface area (Å²) in [5, 5.41) is 2.43. The van der Waals surface area contributed by atoms with E-state index in [4.69, 9.17) is 9.47 Å². The Hall–Kier alpha value is -1.84. The van der Waals surface area contributed by atoms with E-state index in [-0.39, 0.29) is 11.0 Å². The van der Waals surface area contributed by atoms with Gasteiger partial charge in [-0.15, -0.1) is 0 Å². The number of hydrogen-bond donors (Lipinski definition) is 1. The molecule has 0 unspecified atom stereocenters. The molecule has 1 heterocycles. The highest BCUT2D eigenvalue weighted by molar-refractivity contribution is 5.40. The summed E-state index contributed by atoms with van der Waals surface area (Å²) in [4.78, 5) is 0. The van der Waals surface area contributed by atoms with E-state index in [9.17, 15) is 0 Å². The van der Waals surface area contributed by atoms with Crippen molar-refractivity contribution in [1.82, 2.24) is 0 Å². The van der Waals surface area contributed by atoms with Gasteiger partial charge in [0.15, 0.2) is 0 Å². The van der Waals surface area contributed by atoms with Gasteiger partial charge in [-0.25, -0.2) is 0 Å². The molecule has 1 aliphatic rings. The Bertz CT molecular complexity index is 698. The second kappa shape index (κ2) is 8.24. The zero-order valence-electron chi connectivity index (χ0n) is 16.3. The van der Waals surface area contributed by atoms with Crippen molar-refractivity contribution in [2.75, 3.05) is 20.3 Å². The molecule has 140 valence electrons. The molecular formula is C23H32NO2+. The predicted molar refractivity (Wildman–Crippen MR) is 105 cm³/mol. The standard InChI is InChI=1S/C23H31NO2/c1-22(2)18-23(14-16-26-22,20-11-7-8-12-21(20)25-3)13-15-24-17-19-9-5-4-6-10-19/h4-12,24H,13-18H2,1-3H3/p+1/t23-/m0/s1. The molecule has 1 atom stereocenters. The van der Waals surface area contributed by atoms with Crippen molar-refractivity contribution in [3.05, 3.63) is 65.7 Å². The van der Waals surface area contributed by atoms with E-state index in [2.05, 4.69) is 73.8 Å². The quantitative estimate of drug-likeness (QED) is 0.770. The second-order valence-electron chi connectivity index (χ2n) is 8.03. The van der Waals surface area contributed by atoms with Crippen molar-refractivity contribution in [3.63, 3.8) is 0 Å². The minimum absolute atomic E-state index is 0.0987. The molecule has 3 heteroatoms. The maximum absolute atomic E-state index is 6.04. The van der Waals surface area contributed by atoms with Crippen molar-refractivity contribution < 1.29 is 14.8 Å². The first-order valence-electron chi connectivity index (χ1n) is 9.68. The highest BCUT2D eigenvalue weighted by atomic mass is 16.5. The van der Waals surface area contributed by atoms with Crippen molar-refractivity contribution in [2.45, 2.75) is 50.7 Å². The molecule has 0 bridgehead atoms. The third-order valence-corrected chi connectivity index (χ3v) is 5.57. The number of nitrogens with two attached hydrogens (primary N) is 1. The van der Waals surface area contributed by atoms with Crippen LogP contribution < -0.4 is 10.1 Å². The van der Waals surface area contributed by atoms with Crippen LogP contribution in [0.2, 0.25) is 0 Å². The summed E-state index contributed by atoms with van der Waals surface area (Å²) in [5.41, 5.74) is 2.73. The molecule has 0 saturated carbocycles. The minimum Gasteiger partial charge on any atom is -0.496 e. The Morgan fingerprint density at radius 1 is 1.04 bits per heavy atom. The summed E-state index contributed by atoms with van der Waals surface area (Å²) in [7, 11) is 1.78. The Balaban J connectivity index is 1.75. The highest BCUT2D eigenvalue weighted by Crippen LogP contribution is 2.46. The Morgan fingerprint density at radius 2 is 1.77 bits per heavy atom. The zero-order chi connectivity index (χ0) is 18.5. The predicted octanol–water partition coefficient (Wildman–Crippen LogP) is 3.68. The fourth-order valence-electron chi connectivity index (χ4n) is 4.40. The average Bonchev–Trinajstić information content (AvgIpc) is 2.65. The average molecular weight is 355 g/mol. The number of quaternary nitrogens is 1. The molecule has 2 N–H and O–H groups in total. The first-order chi connectivity index (χ1) is 12.5. The van der Waals surface area contributed by atoms with Crippen LogP contribution in [0, 0.1) is 0 Å². The largest absolute Gasteiger partial charge is 0.496 e. The molecule has 0 radical (unpaired) electrons. The Morgan fingerprint density at radius 3 is 2.50 bits per heavy atom. The smallest absolute Gasteiger partial charge is 0.122 e. The monoisotopic (exact) mass is 354 g/mol. The van der Waals surface area contributed by atoms with Crippen molar-refractivity contribution in [3.8, 4) is 5.75 Å². The topological polar surface area (TPSA) is 35.1 Å². The van der Waals surface area contributed by atoms with Gasteiger partial charge < -0.3 is 14.8 Å². The number of methoxy groups -OCH3 is 1. The van der Waals surface area contributed by atoms with E-state index < -0.39 is 0 Å².